The molecule has 0 bridgehead atoms. The van der Waals surface area contributed by atoms with Crippen LogP contribution in [0.4, 0.5) is 18.0 Å². The summed E-state index contributed by atoms with van der Waals surface area (Å²) >= 11 is 0. The van der Waals surface area contributed by atoms with Crippen LogP contribution >= 0.6 is 0 Å². The van der Waals surface area contributed by atoms with E-state index in [0.717, 1.165) is 42.1 Å². The number of nitrogens with one attached hydrogen (secondary N) is 3. The van der Waals surface area contributed by atoms with Crippen molar-refractivity contribution in [2.24, 2.45) is 5.73 Å². The summed E-state index contributed by atoms with van der Waals surface area (Å²) < 4.78 is 39.5. The highest BCUT2D eigenvalue weighted by atomic mass is 19.4. The smallest absolute Gasteiger partial charge is 0.395 e. The largest absolute Gasteiger partial charge is 0.408 e. The van der Waals surface area contributed by atoms with Gasteiger partial charge < -0.3 is 21.4 Å². The van der Waals surface area contributed by atoms with Gasteiger partial charge in [-0.05, 0) is 37.3 Å². The molecule has 10 nitrogen and oxygen atoms in total. The Morgan fingerprint density at radius 3 is 2.77 bits per heavy atom. The van der Waals surface area contributed by atoms with Gasteiger partial charge in [-0.2, -0.15) is 23.4 Å². The number of aromatic amines is 1. The highest BCUT2D eigenvalue weighted by Gasteiger charge is 2.53. The Morgan fingerprint density at radius 1 is 1.31 bits per heavy atom. The van der Waals surface area contributed by atoms with E-state index < -0.39 is 12.7 Å². The van der Waals surface area contributed by atoms with E-state index in [4.69, 9.17) is 11.1 Å². The summed E-state index contributed by atoms with van der Waals surface area (Å²) in [6.07, 6.45) is 6.36. The summed E-state index contributed by atoms with van der Waals surface area (Å²) in [7, 11) is 0. The number of nitrogens with two attached hydrogens (primary N) is 1. The molecule has 1 spiro atoms. The van der Waals surface area contributed by atoms with Gasteiger partial charge in [-0.15, -0.1) is 0 Å². The summed E-state index contributed by atoms with van der Waals surface area (Å²) in [5.41, 5.74) is 7.39. The number of pyridine rings is 1. The van der Waals surface area contributed by atoms with Gasteiger partial charge in [-0.3, -0.25) is 14.8 Å². The average Bonchev–Trinajstić information content (AvgIpc) is 3.21. The zero-order valence-corrected chi connectivity index (χ0v) is 18.6. The number of aromatic nitrogens is 5. The minimum Gasteiger partial charge on any atom is -0.395 e. The molecule has 5 N–H and O–H groups in total. The van der Waals surface area contributed by atoms with E-state index in [1.54, 1.807) is 11.1 Å². The number of amides is 2. The summed E-state index contributed by atoms with van der Waals surface area (Å²) in [6.45, 7) is -0.746. The van der Waals surface area contributed by atoms with Crippen molar-refractivity contribution < 1.29 is 18.0 Å². The first-order chi connectivity index (χ1) is 16.7. The number of nitrogens with zero attached hydrogens (tertiary/aromatic N) is 5. The summed E-state index contributed by atoms with van der Waals surface area (Å²) in [5.74, 6) is 0.147. The first-order valence-corrected chi connectivity index (χ1v) is 11.2. The van der Waals surface area contributed by atoms with Gasteiger partial charge in [0.2, 0.25) is 0 Å². The molecule has 13 heteroatoms. The Kier molecular flexibility index (Phi) is 5.49. The van der Waals surface area contributed by atoms with Gasteiger partial charge in [0, 0.05) is 42.0 Å². The van der Waals surface area contributed by atoms with Crippen LogP contribution in [0.15, 0.2) is 36.6 Å². The van der Waals surface area contributed by atoms with Crippen molar-refractivity contribution in [1.82, 2.24) is 35.2 Å². The predicted octanol–water partition coefficient (Wildman–Crippen LogP) is 3.12. The number of fused-ring (bicyclic) bond motifs is 1. The molecule has 184 valence electrons. The Bertz CT molecular complexity index is 1290. The first kappa shape index (κ1) is 22.9. The average molecular weight is 487 g/mol. The maximum absolute atomic E-state index is 13.3. The molecule has 1 atom stereocenters. The van der Waals surface area contributed by atoms with Crippen LogP contribution in [0.25, 0.3) is 16.6 Å². The van der Waals surface area contributed by atoms with Crippen LogP contribution in [0.5, 0.6) is 0 Å². The number of alkyl halides is 3. The monoisotopic (exact) mass is 487 g/mol. The molecule has 1 aliphatic carbocycles. The number of likely N-dealkylation sites (tertiary alicyclic amines) is 1. The Balaban J connectivity index is 1.39. The highest BCUT2D eigenvalue weighted by molar-refractivity contribution is 5.94. The van der Waals surface area contributed by atoms with Gasteiger partial charge in [-0.25, -0.2) is 4.79 Å². The molecule has 3 aromatic rings. The molecule has 0 radical (unpaired) electrons. The minimum absolute atomic E-state index is 0.0185. The number of piperidine rings is 1. The molecule has 1 saturated carbocycles. The number of rotatable bonds is 5. The quantitative estimate of drug-likeness (QED) is 0.409. The first-order valence-electron chi connectivity index (χ1n) is 11.2. The molecule has 5 rings (SSSR count). The maximum atomic E-state index is 13.3. The number of hydrogen-bond acceptors (Lipinski definition) is 6. The Hall–Kier alpha value is -3.90. The van der Waals surface area contributed by atoms with Crippen LogP contribution in [0.1, 0.15) is 42.9 Å². The standard InChI is InChI=1S/C22H24F3N9O/c23-22(24,25)12-34-18-5-16(28-7-15(18)10-31-34)19(27)17(6-26)32-20(35)33-11-13(14-8-29-30-9-14)1-2-21(33)3-4-21/h5-10,13,26H,1-4,11-12,27H2,(H,29,30)(H,32,35)/b19-17+,26-6?. The SMILES string of the molecule is N=C/C(NC(=O)N1CC(c2cn[nH]c2)CCC12CC2)=C(\N)c1cc2c(cn1)cnn2CC(F)(F)F. The molecule has 1 saturated heterocycles. The molecule has 1 unspecified atom stereocenters. The van der Waals surface area contributed by atoms with E-state index in [0.29, 0.717) is 11.9 Å². The Morgan fingerprint density at radius 2 is 2.11 bits per heavy atom. The molecular formula is C22H24F3N9O. The van der Waals surface area contributed by atoms with Crippen molar-refractivity contribution >= 4 is 28.8 Å². The van der Waals surface area contributed by atoms with E-state index in [1.165, 1.54) is 18.5 Å². The summed E-state index contributed by atoms with van der Waals surface area (Å²) in [5, 5.41) is 21.5. The number of allylic oxidation sites excluding steroid dienone is 1. The zero-order chi connectivity index (χ0) is 24.8. The van der Waals surface area contributed by atoms with E-state index in [2.05, 4.69) is 25.6 Å². The van der Waals surface area contributed by atoms with Crippen molar-refractivity contribution in [2.75, 3.05) is 6.54 Å². The number of hydrogen-bond donors (Lipinski definition) is 4. The second-order valence-corrected chi connectivity index (χ2v) is 9.05. The molecule has 2 amide bonds. The van der Waals surface area contributed by atoms with Gasteiger partial charge in [0.25, 0.3) is 0 Å². The fourth-order valence-corrected chi connectivity index (χ4v) is 4.72. The van der Waals surface area contributed by atoms with Gasteiger partial charge in [-0.1, -0.05) is 0 Å². The maximum Gasteiger partial charge on any atom is 0.408 e. The van der Waals surface area contributed by atoms with E-state index in [1.807, 2.05) is 6.20 Å². The number of H-pyrrole nitrogens is 1. The van der Waals surface area contributed by atoms with E-state index in [9.17, 15) is 18.0 Å². The van der Waals surface area contributed by atoms with Crippen LogP contribution in [-0.4, -0.2) is 60.4 Å². The third-order valence-electron chi connectivity index (χ3n) is 6.80. The molecule has 4 heterocycles. The van der Waals surface area contributed by atoms with E-state index in [-0.39, 0.29) is 40.1 Å². The second-order valence-electron chi connectivity index (χ2n) is 9.05. The molecular weight excluding hydrogens is 463 g/mol. The normalized spacial score (nSPS) is 20.1. The van der Waals surface area contributed by atoms with Crippen LogP contribution in [0.3, 0.4) is 0 Å². The van der Waals surface area contributed by atoms with Gasteiger partial charge >= 0.3 is 12.2 Å². The number of carbonyl (C=O) groups is 1. The predicted molar refractivity (Wildman–Crippen MR) is 121 cm³/mol. The van der Waals surface area contributed by atoms with Gasteiger partial charge in [0.15, 0.2) is 0 Å². The second kappa shape index (κ2) is 8.40. The number of halogens is 3. The summed E-state index contributed by atoms with van der Waals surface area (Å²) in [4.78, 5) is 19.3. The fraction of sp³-hybridized carbons (Fsp3) is 0.409. The van der Waals surface area contributed by atoms with Gasteiger partial charge in [0.1, 0.15) is 6.54 Å². The minimum atomic E-state index is -4.45. The van der Waals surface area contributed by atoms with Crippen molar-refractivity contribution in [1.29, 1.82) is 5.41 Å². The zero-order valence-electron chi connectivity index (χ0n) is 18.6. The van der Waals surface area contributed by atoms with Crippen molar-refractivity contribution in [2.45, 2.75) is 49.9 Å². The fourth-order valence-electron chi connectivity index (χ4n) is 4.72. The number of urea groups is 1. The lowest BCUT2D eigenvalue weighted by Crippen LogP contribution is -2.52. The molecule has 1 aliphatic heterocycles. The van der Waals surface area contributed by atoms with Crippen LogP contribution < -0.4 is 11.1 Å². The van der Waals surface area contributed by atoms with Crippen molar-refractivity contribution in [3.8, 4) is 0 Å². The lowest BCUT2D eigenvalue weighted by atomic mass is 9.87. The topological polar surface area (TPSA) is 142 Å². The third-order valence-corrected chi connectivity index (χ3v) is 6.80. The van der Waals surface area contributed by atoms with Crippen LogP contribution in [0, 0.1) is 5.41 Å². The molecule has 3 aromatic heterocycles. The molecule has 0 aromatic carbocycles. The third kappa shape index (κ3) is 4.45. The molecule has 2 aliphatic rings. The lowest BCUT2D eigenvalue weighted by Gasteiger charge is -2.40. The molecule has 35 heavy (non-hydrogen) atoms. The highest BCUT2D eigenvalue weighted by Crippen LogP contribution is 2.51. The van der Waals surface area contributed by atoms with Crippen LogP contribution in [-0.2, 0) is 6.54 Å². The Labute approximate surface area is 197 Å². The molecule has 2 fully saturated rings. The van der Waals surface area contributed by atoms with Crippen molar-refractivity contribution in [3.05, 3.63) is 47.8 Å². The van der Waals surface area contributed by atoms with Crippen LogP contribution in [0.2, 0.25) is 0 Å². The van der Waals surface area contributed by atoms with Crippen molar-refractivity contribution in [3.63, 3.8) is 0 Å². The van der Waals surface area contributed by atoms with E-state index >= 15 is 0 Å². The van der Waals surface area contributed by atoms with Gasteiger partial charge in [0.05, 0.1) is 35.0 Å². The summed E-state index contributed by atoms with van der Waals surface area (Å²) in [6, 6.07) is 0.998. The lowest BCUT2D eigenvalue weighted by molar-refractivity contribution is -0.141. The number of carbonyl (C=O) groups excluding carboxylic acids is 1.